The summed E-state index contributed by atoms with van der Waals surface area (Å²) in [5.74, 6) is -0.634. The Morgan fingerprint density at radius 1 is 1.25 bits per heavy atom. The van der Waals surface area contributed by atoms with Crippen LogP contribution in [0.5, 0.6) is 0 Å². The van der Waals surface area contributed by atoms with Crippen molar-refractivity contribution < 1.29 is 12.8 Å². The molecule has 2 aliphatic heterocycles. The highest BCUT2D eigenvalue weighted by atomic mass is 32.2. The minimum atomic E-state index is -3.61. The van der Waals surface area contributed by atoms with Crippen LogP contribution in [0.25, 0.3) is 0 Å². The van der Waals surface area contributed by atoms with Gasteiger partial charge in [0.05, 0.1) is 6.20 Å². The predicted octanol–water partition coefficient (Wildman–Crippen LogP) is -0.501. The molecule has 0 spiro atoms. The van der Waals surface area contributed by atoms with Crippen LogP contribution in [0, 0.1) is 5.82 Å². The van der Waals surface area contributed by atoms with Crippen molar-refractivity contribution in [2.24, 2.45) is 0 Å². The Hall–Kier alpha value is -1.09. The Morgan fingerprint density at radius 2 is 1.95 bits per heavy atom. The molecule has 0 saturated carbocycles. The highest BCUT2D eigenvalue weighted by Gasteiger charge is 2.40. The number of piperazine rings is 1. The summed E-state index contributed by atoms with van der Waals surface area (Å²) in [6.45, 7) is 4.71. The van der Waals surface area contributed by atoms with Crippen molar-refractivity contribution in [3.8, 4) is 0 Å². The minimum Gasteiger partial charge on any atom is -0.314 e. The molecule has 3 rings (SSSR count). The molecule has 2 saturated heterocycles. The van der Waals surface area contributed by atoms with Crippen molar-refractivity contribution in [3.63, 3.8) is 0 Å². The lowest BCUT2D eigenvalue weighted by molar-refractivity contribution is 0.0773. The molecular formula is C12H17FN4O2S. The maximum Gasteiger partial charge on any atom is 0.244 e. The van der Waals surface area contributed by atoms with Gasteiger partial charge in [0.1, 0.15) is 10.7 Å². The lowest BCUT2D eigenvalue weighted by atomic mass is 10.1. The van der Waals surface area contributed by atoms with Gasteiger partial charge in [-0.15, -0.1) is 0 Å². The average molecular weight is 300 g/mol. The van der Waals surface area contributed by atoms with E-state index in [2.05, 4.69) is 15.2 Å². The molecule has 0 aromatic carbocycles. The third-order valence-electron chi connectivity index (χ3n) is 3.81. The van der Waals surface area contributed by atoms with E-state index in [1.165, 1.54) is 10.5 Å². The van der Waals surface area contributed by atoms with Crippen molar-refractivity contribution in [2.75, 3.05) is 39.3 Å². The van der Waals surface area contributed by atoms with E-state index < -0.39 is 15.8 Å². The molecular weight excluding hydrogens is 283 g/mol. The van der Waals surface area contributed by atoms with Gasteiger partial charge < -0.3 is 5.32 Å². The largest absolute Gasteiger partial charge is 0.314 e. The monoisotopic (exact) mass is 300 g/mol. The molecule has 1 aromatic heterocycles. The van der Waals surface area contributed by atoms with Gasteiger partial charge in [0.15, 0.2) is 0 Å². The summed E-state index contributed by atoms with van der Waals surface area (Å²) in [7, 11) is -3.61. The summed E-state index contributed by atoms with van der Waals surface area (Å²) in [6.07, 6.45) is 2.19. The van der Waals surface area contributed by atoms with Crippen molar-refractivity contribution in [1.82, 2.24) is 19.5 Å². The van der Waals surface area contributed by atoms with Crippen LogP contribution in [0.4, 0.5) is 4.39 Å². The average Bonchev–Trinajstić information content (AvgIpc) is 2.38. The SMILES string of the molecule is O=S(=O)(c1cncc(F)c1)N1CC(N2CCNCC2)C1. The van der Waals surface area contributed by atoms with Crippen LogP contribution >= 0.6 is 0 Å². The Bertz CT molecular complexity index is 583. The molecule has 0 bridgehead atoms. The molecule has 6 nitrogen and oxygen atoms in total. The van der Waals surface area contributed by atoms with E-state index in [0.29, 0.717) is 13.1 Å². The first kappa shape index (κ1) is 13.9. The summed E-state index contributed by atoms with van der Waals surface area (Å²) in [6, 6.07) is 1.29. The van der Waals surface area contributed by atoms with Crippen LogP contribution in [-0.2, 0) is 10.0 Å². The van der Waals surface area contributed by atoms with E-state index in [-0.39, 0.29) is 10.9 Å². The highest BCUT2D eigenvalue weighted by Crippen LogP contribution is 2.24. The van der Waals surface area contributed by atoms with Crippen molar-refractivity contribution in [3.05, 3.63) is 24.3 Å². The van der Waals surface area contributed by atoms with Crippen LogP contribution in [0.1, 0.15) is 0 Å². The molecule has 0 aliphatic carbocycles. The topological polar surface area (TPSA) is 65.5 Å². The summed E-state index contributed by atoms with van der Waals surface area (Å²) in [5.41, 5.74) is 0. The number of nitrogens with one attached hydrogen (secondary N) is 1. The lowest BCUT2D eigenvalue weighted by Gasteiger charge is -2.45. The van der Waals surface area contributed by atoms with E-state index in [4.69, 9.17) is 0 Å². The van der Waals surface area contributed by atoms with Crippen LogP contribution in [0.3, 0.4) is 0 Å². The molecule has 0 unspecified atom stereocenters. The number of hydrogen-bond acceptors (Lipinski definition) is 5. The number of rotatable bonds is 3. The van der Waals surface area contributed by atoms with Crippen molar-refractivity contribution >= 4 is 10.0 Å². The zero-order chi connectivity index (χ0) is 14.2. The van der Waals surface area contributed by atoms with Gasteiger partial charge in [-0.25, -0.2) is 12.8 Å². The second-order valence-electron chi connectivity index (χ2n) is 5.10. The first-order chi connectivity index (χ1) is 9.57. The van der Waals surface area contributed by atoms with Gasteiger partial charge in [0.2, 0.25) is 10.0 Å². The predicted molar refractivity (Wildman–Crippen MR) is 71.2 cm³/mol. The smallest absolute Gasteiger partial charge is 0.244 e. The van der Waals surface area contributed by atoms with E-state index in [9.17, 15) is 12.8 Å². The van der Waals surface area contributed by atoms with E-state index in [0.717, 1.165) is 38.4 Å². The lowest BCUT2D eigenvalue weighted by Crippen LogP contribution is -2.63. The fraction of sp³-hybridized carbons (Fsp3) is 0.583. The second-order valence-corrected chi connectivity index (χ2v) is 7.04. The van der Waals surface area contributed by atoms with Crippen LogP contribution in [0.15, 0.2) is 23.4 Å². The Morgan fingerprint density at radius 3 is 2.60 bits per heavy atom. The summed E-state index contributed by atoms with van der Waals surface area (Å²) >= 11 is 0. The zero-order valence-corrected chi connectivity index (χ0v) is 11.8. The third-order valence-corrected chi connectivity index (χ3v) is 5.61. The Labute approximate surface area is 117 Å². The second kappa shape index (κ2) is 5.36. The number of pyridine rings is 1. The van der Waals surface area contributed by atoms with Crippen LogP contribution < -0.4 is 5.32 Å². The highest BCUT2D eigenvalue weighted by molar-refractivity contribution is 7.89. The summed E-state index contributed by atoms with van der Waals surface area (Å²) in [5, 5.41) is 3.27. The van der Waals surface area contributed by atoms with Gasteiger partial charge in [-0.1, -0.05) is 0 Å². The van der Waals surface area contributed by atoms with Gasteiger partial charge in [-0.2, -0.15) is 4.31 Å². The number of hydrogen-bond donors (Lipinski definition) is 1. The van der Waals surface area contributed by atoms with E-state index >= 15 is 0 Å². The summed E-state index contributed by atoms with van der Waals surface area (Å²) in [4.78, 5) is 5.83. The minimum absolute atomic E-state index is 0.0729. The first-order valence-corrected chi connectivity index (χ1v) is 8.07. The quantitative estimate of drug-likeness (QED) is 0.815. The molecule has 0 radical (unpaired) electrons. The molecule has 1 N–H and O–H groups in total. The molecule has 20 heavy (non-hydrogen) atoms. The van der Waals surface area contributed by atoms with Crippen molar-refractivity contribution in [1.29, 1.82) is 0 Å². The molecule has 1 aromatic rings. The van der Waals surface area contributed by atoms with Gasteiger partial charge >= 0.3 is 0 Å². The number of nitrogens with zero attached hydrogens (tertiary/aromatic N) is 3. The molecule has 8 heteroatoms. The van der Waals surface area contributed by atoms with Gasteiger partial charge in [-0.3, -0.25) is 9.88 Å². The van der Waals surface area contributed by atoms with Gasteiger partial charge in [-0.05, 0) is 6.07 Å². The maximum absolute atomic E-state index is 13.1. The summed E-state index contributed by atoms with van der Waals surface area (Å²) < 4.78 is 39.0. The Kier molecular flexibility index (Phi) is 3.72. The van der Waals surface area contributed by atoms with Crippen LogP contribution in [0.2, 0.25) is 0 Å². The van der Waals surface area contributed by atoms with Crippen molar-refractivity contribution in [2.45, 2.75) is 10.9 Å². The van der Waals surface area contributed by atoms with Gasteiger partial charge in [0, 0.05) is 51.5 Å². The zero-order valence-electron chi connectivity index (χ0n) is 11.0. The first-order valence-electron chi connectivity index (χ1n) is 6.63. The number of sulfonamides is 1. The molecule has 3 heterocycles. The van der Waals surface area contributed by atoms with E-state index in [1.54, 1.807) is 0 Å². The molecule has 2 aliphatic rings. The Balaban J connectivity index is 1.66. The fourth-order valence-corrected chi connectivity index (χ4v) is 4.06. The van der Waals surface area contributed by atoms with E-state index in [1.807, 2.05) is 0 Å². The molecule has 0 atom stereocenters. The molecule has 0 amide bonds. The van der Waals surface area contributed by atoms with Gasteiger partial charge in [0.25, 0.3) is 0 Å². The fourth-order valence-electron chi connectivity index (χ4n) is 2.57. The molecule has 2 fully saturated rings. The molecule has 110 valence electrons. The standard InChI is InChI=1S/C12H17FN4O2S/c13-10-5-12(7-15-6-10)20(18,19)17-8-11(9-17)16-3-1-14-2-4-16/h5-7,11,14H,1-4,8-9H2. The normalized spacial score (nSPS) is 22.6. The third kappa shape index (κ3) is 2.56. The number of aromatic nitrogens is 1. The number of halogens is 1. The van der Waals surface area contributed by atoms with Crippen LogP contribution in [-0.4, -0.2) is 67.9 Å². The maximum atomic E-state index is 13.1.